The monoisotopic (exact) mass is 417 g/mol. The molecule has 1 saturated carbocycles. The molecule has 154 valence electrons. The Morgan fingerprint density at radius 2 is 2.10 bits per heavy atom. The van der Waals surface area contributed by atoms with Crippen LogP contribution in [0.2, 0.25) is 5.02 Å². The minimum Gasteiger partial charge on any atom is -0.381 e. The van der Waals surface area contributed by atoms with Gasteiger partial charge in [0.05, 0.1) is 10.5 Å². The van der Waals surface area contributed by atoms with E-state index in [0.29, 0.717) is 39.0 Å². The number of nitrogens with zero attached hydrogens (tertiary/aromatic N) is 2. The first-order valence-electron chi connectivity index (χ1n) is 9.80. The number of aromatic nitrogens is 2. The Morgan fingerprint density at radius 3 is 2.83 bits per heavy atom. The molecule has 4 rings (SSSR count). The number of carbonyl (C=O) groups is 1. The van der Waals surface area contributed by atoms with Crippen LogP contribution in [0, 0.1) is 6.92 Å². The highest BCUT2D eigenvalue weighted by atomic mass is 35.5. The molecule has 1 aliphatic rings. The lowest BCUT2D eigenvalue weighted by molar-refractivity contribution is -0.137. The second-order valence-electron chi connectivity index (χ2n) is 8.32. The first kappa shape index (κ1) is 19.9. The number of carbonyl (C=O) groups excluding carboxylic acids is 1. The second kappa shape index (κ2) is 7.15. The molecule has 1 aromatic carbocycles. The van der Waals surface area contributed by atoms with Crippen molar-refractivity contribution in [3.05, 3.63) is 39.3 Å². The van der Waals surface area contributed by atoms with Crippen molar-refractivity contribution in [2.75, 3.05) is 0 Å². The maximum atomic E-state index is 13.4. The maximum absolute atomic E-state index is 13.4. The largest absolute Gasteiger partial charge is 0.381 e. The number of nitrogens with one attached hydrogen (secondary N) is 1. The minimum absolute atomic E-state index is 0.108. The van der Waals surface area contributed by atoms with Crippen LogP contribution in [0.15, 0.2) is 27.5 Å². The summed E-state index contributed by atoms with van der Waals surface area (Å²) < 4.78 is 7.08. The predicted molar refractivity (Wildman–Crippen MR) is 111 cm³/mol. The van der Waals surface area contributed by atoms with Crippen LogP contribution in [0.1, 0.15) is 51.3 Å². The lowest BCUT2D eigenvalue weighted by atomic mass is 9.89. The van der Waals surface area contributed by atoms with Crippen LogP contribution in [-0.2, 0) is 4.79 Å². The van der Waals surface area contributed by atoms with Gasteiger partial charge in [-0.25, -0.2) is 0 Å². The molecule has 8 heteroatoms. The average Bonchev–Trinajstić information content (AvgIpc) is 3.03. The second-order valence-corrected chi connectivity index (χ2v) is 8.73. The van der Waals surface area contributed by atoms with Gasteiger partial charge in [0.1, 0.15) is 22.3 Å². The quantitative estimate of drug-likeness (QED) is 0.680. The van der Waals surface area contributed by atoms with Crippen molar-refractivity contribution in [3.63, 3.8) is 0 Å². The molecule has 1 amide bonds. The highest BCUT2D eigenvalue weighted by Gasteiger charge is 2.31. The van der Waals surface area contributed by atoms with E-state index < -0.39 is 11.5 Å². The fraction of sp³-hybridized carbons (Fsp3) is 0.476. The molecule has 2 atom stereocenters. The van der Waals surface area contributed by atoms with Crippen molar-refractivity contribution in [1.82, 2.24) is 15.0 Å². The van der Waals surface area contributed by atoms with Crippen LogP contribution >= 0.6 is 11.6 Å². The van der Waals surface area contributed by atoms with Crippen molar-refractivity contribution >= 4 is 39.3 Å². The van der Waals surface area contributed by atoms with E-state index in [1.54, 1.807) is 17.6 Å². The summed E-state index contributed by atoms with van der Waals surface area (Å²) in [7, 11) is 0. The average molecular weight is 418 g/mol. The molecule has 2 N–H and O–H groups in total. The number of pyridine rings is 1. The number of aryl methyl sites for hydroxylation is 1. The van der Waals surface area contributed by atoms with Gasteiger partial charge in [0.25, 0.3) is 11.5 Å². The van der Waals surface area contributed by atoms with E-state index in [9.17, 15) is 14.7 Å². The Balaban J connectivity index is 1.82. The third kappa shape index (κ3) is 3.42. The van der Waals surface area contributed by atoms with Gasteiger partial charge in [-0.05, 0) is 58.6 Å². The van der Waals surface area contributed by atoms with Crippen LogP contribution in [0.3, 0.4) is 0 Å². The van der Waals surface area contributed by atoms with E-state index in [1.807, 2.05) is 12.1 Å². The summed E-state index contributed by atoms with van der Waals surface area (Å²) in [5.74, 6) is 0.0528. The standard InChI is InChI=1S/C21H24ClN3O4/c1-11-16-18(24-29-11)17-14(22)8-5-9-15(17)25(19(16)26)13-7-4-6-12(10-13)23-20(27)21(2,3)28/h5,8-9,12-13,28H,4,6-7,10H2,1-3H3,(H,23,27). The highest BCUT2D eigenvalue weighted by molar-refractivity contribution is 6.37. The topological polar surface area (TPSA) is 97.4 Å². The first-order valence-corrected chi connectivity index (χ1v) is 10.2. The fourth-order valence-corrected chi connectivity index (χ4v) is 4.49. The molecule has 29 heavy (non-hydrogen) atoms. The number of aliphatic hydroxyl groups is 1. The summed E-state index contributed by atoms with van der Waals surface area (Å²) >= 11 is 6.47. The minimum atomic E-state index is -1.44. The summed E-state index contributed by atoms with van der Waals surface area (Å²) in [6.45, 7) is 4.65. The van der Waals surface area contributed by atoms with Crippen LogP contribution in [-0.4, -0.2) is 32.4 Å². The molecule has 1 aliphatic carbocycles. The lowest BCUT2D eigenvalue weighted by Crippen LogP contribution is -2.48. The smallest absolute Gasteiger partial charge is 0.264 e. The molecule has 0 spiro atoms. The summed E-state index contributed by atoms with van der Waals surface area (Å²) in [4.78, 5) is 25.6. The Bertz CT molecular complexity index is 1160. The molecule has 0 bridgehead atoms. The maximum Gasteiger partial charge on any atom is 0.264 e. The van der Waals surface area contributed by atoms with Crippen LogP contribution in [0.5, 0.6) is 0 Å². The molecule has 0 aliphatic heterocycles. The van der Waals surface area contributed by atoms with Gasteiger partial charge in [-0.15, -0.1) is 0 Å². The van der Waals surface area contributed by atoms with E-state index in [4.69, 9.17) is 16.1 Å². The fourth-order valence-electron chi connectivity index (χ4n) is 4.23. The number of hydrogen-bond donors (Lipinski definition) is 2. The number of fused-ring (bicyclic) bond motifs is 3. The zero-order chi connectivity index (χ0) is 20.9. The van der Waals surface area contributed by atoms with Gasteiger partial charge >= 0.3 is 0 Å². The third-order valence-electron chi connectivity index (χ3n) is 5.69. The molecule has 0 saturated heterocycles. The number of benzene rings is 1. The molecule has 3 aromatic rings. The van der Waals surface area contributed by atoms with Gasteiger partial charge < -0.3 is 19.5 Å². The van der Waals surface area contributed by atoms with E-state index >= 15 is 0 Å². The number of hydrogen-bond acceptors (Lipinski definition) is 5. The lowest BCUT2D eigenvalue weighted by Gasteiger charge is -2.33. The van der Waals surface area contributed by atoms with Crippen LogP contribution < -0.4 is 10.9 Å². The molecule has 2 unspecified atom stereocenters. The van der Waals surface area contributed by atoms with Crippen LogP contribution in [0.4, 0.5) is 0 Å². The third-order valence-corrected chi connectivity index (χ3v) is 6.00. The normalized spacial score (nSPS) is 20.3. The summed E-state index contributed by atoms with van der Waals surface area (Å²) in [6, 6.07) is 5.23. The Kier molecular flexibility index (Phi) is 4.91. The predicted octanol–water partition coefficient (Wildman–Crippen LogP) is 3.48. The molecule has 2 heterocycles. The van der Waals surface area contributed by atoms with Crippen molar-refractivity contribution in [1.29, 1.82) is 0 Å². The van der Waals surface area contributed by atoms with Gasteiger partial charge in [0, 0.05) is 17.5 Å². The number of amides is 1. The Hall–Kier alpha value is -2.38. The zero-order valence-corrected chi connectivity index (χ0v) is 17.4. The first-order chi connectivity index (χ1) is 13.7. The SMILES string of the molecule is Cc1onc2c1c(=O)n(C1CCCC(NC(=O)C(C)(C)O)C1)c1cccc(Cl)c21. The molecule has 2 aromatic heterocycles. The van der Waals surface area contributed by atoms with Crippen molar-refractivity contribution < 1.29 is 14.4 Å². The zero-order valence-electron chi connectivity index (χ0n) is 16.7. The van der Waals surface area contributed by atoms with Crippen molar-refractivity contribution in [2.24, 2.45) is 0 Å². The number of rotatable bonds is 3. The summed E-state index contributed by atoms with van der Waals surface area (Å²) in [5.41, 5.74) is -0.412. The summed E-state index contributed by atoms with van der Waals surface area (Å²) in [6.07, 6.45) is 3.07. The molecule has 1 fully saturated rings. The van der Waals surface area contributed by atoms with Gasteiger partial charge in [-0.1, -0.05) is 22.8 Å². The Morgan fingerprint density at radius 1 is 1.34 bits per heavy atom. The van der Waals surface area contributed by atoms with Gasteiger partial charge in [-0.2, -0.15) is 0 Å². The van der Waals surface area contributed by atoms with Crippen molar-refractivity contribution in [3.8, 4) is 0 Å². The molecular formula is C21H24ClN3O4. The van der Waals surface area contributed by atoms with E-state index in [0.717, 1.165) is 19.3 Å². The molecular weight excluding hydrogens is 394 g/mol. The number of halogens is 1. The highest BCUT2D eigenvalue weighted by Crippen LogP contribution is 2.35. The summed E-state index contributed by atoms with van der Waals surface area (Å²) in [5, 5.41) is 18.6. The van der Waals surface area contributed by atoms with Gasteiger partial charge in [0.2, 0.25) is 0 Å². The van der Waals surface area contributed by atoms with E-state index in [2.05, 4.69) is 10.5 Å². The van der Waals surface area contributed by atoms with Gasteiger partial charge in [0.15, 0.2) is 0 Å². The van der Waals surface area contributed by atoms with E-state index in [1.165, 1.54) is 13.8 Å². The van der Waals surface area contributed by atoms with E-state index in [-0.39, 0.29) is 17.6 Å². The van der Waals surface area contributed by atoms with Crippen LogP contribution in [0.25, 0.3) is 21.8 Å². The molecule has 0 radical (unpaired) electrons. The Labute approximate surface area is 172 Å². The van der Waals surface area contributed by atoms with Gasteiger partial charge in [-0.3, -0.25) is 9.59 Å². The molecule has 7 nitrogen and oxygen atoms in total. The van der Waals surface area contributed by atoms with Crippen molar-refractivity contribution in [2.45, 2.75) is 64.1 Å².